The highest BCUT2D eigenvalue weighted by atomic mass is 32.2. The first kappa shape index (κ1) is 16.8. The lowest BCUT2D eigenvalue weighted by Crippen LogP contribution is -2.13. The highest BCUT2D eigenvalue weighted by Gasteiger charge is 2.14. The largest absolute Gasteiger partial charge is 0.298 e. The second kappa shape index (κ2) is 7.27. The van der Waals surface area contributed by atoms with Crippen LogP contribution in [-0.2, 0) is 0 Å². The van der Waals surface area contributed by atoms with Gasteiger partial charge in [-0.3, -0.25) is 10.1 Å². The Labute approximate surface area is 159 Å². The maximum absolute atomic E-state index is 12.5. The first-order valence-corrected chi connectivity index (χ1v) is 10.1. The van der Waals surface area contributed by atoms with Crippen LogP contribution in [0.5, 0.6) is 0 Å². The number of thiazole rings is 1. The fraction of sp³-hybridized carbons (Fsp3) is 0.0500. The van der Waals surface area contributed by atoms with Gasteiger partial charge in [0.1, 0.15) is 5.03 Å². The molecule has 6 heteroatoms. The standard InChI is InChI=1S/C20H15N3OS2/c1-25-19-16(7-4-10-21-19)18(24)23-20-22-17(12-26-20)15-9-8-13-5-2-3-6-14(13)11-15/h2-12H,1H3,(H,22,23,24). The third-order valence-electron chi connectivity index (χ3n) is 3.98. The molecule has 1 amide bonds. The minimum atomic E-state index is -0.193. The van der Waals surface area contributed by atoms with E-state index >= 15 is 0 Å². The van der Waals surface area contributed by atoms with Crippen LogP contribution in [0.2, 0.25) is 0 Å². The summed E-state index contributed by atoms with van der Waals surface area (Å²) in [5, 5.41) is 8.48. The molecule has 1 N–H and O–H groups in total. The van der Waals surface area contributed by atoms with E-state index in [0.717, 1.165) is 11.3 Å². The van der Waals surface area contributed by atoms with Crippen molar-refractivity contribution in [1.29, 1.82) is 0 Å². The number of fused-ring (bicyclic) bond motifs is 1. The zero-order chi connectivity index (χ0) is 17.9. The summed E-state index contributed by atoms with van der Waals surface area (Å²) in [6.07, 6.45) is 3.59. The molecular formula is C20H15N3OS2. The average Bonchev–Trinajstić information content (AvgIpc) is 3.16. The molecule has 0 spiro atoms. The summed E-state index contributed by atoms with van der Waals surface area (Å²) in [7, 11) is 0. The maximum Gasteiger partial charge on any atom is 0.260 e. The van der Waals surface area contributed by atoms with E-state index in [2.05, 4.69) is 45.6 Å². The van der Waals surface area contributed by atoms with Gasteiger partial charge in [-0.25, -0.2) is 9.97 Å². The Morgan fingerprint density at radius 3 is 2.77 bits per heavy atom. The van der Waals surface area contributed by atoms with Gasteiger partial charge in [-0.1, -0.05) is 36.4 Å². The highest BCUT2D eigenvalue weighted by Crippen LogP contribution is 2.28. The van der Waals surface area contributed by atoms with Crippen molar-refractivity contribution in [1.82, 2.24) is 9.97 Å². The van der Waals surface area contributed by atoms with Gasteiger partial charge in [-0.05, 0) is 35.2 Å². The molecule has 0 fully saturated rings. The zero-order valence-corrected chi connectivity index (χ0v) is 15.6. The predicted molar refractivity (Wildman–Crippen MR) is 109 cm³/mol. The molecule has 2 heterocycles. The number of nitrogens with zero attached hydrogens (tertiary/aromatic N) is 2. The number of pyridine rings is 1. The van der Waals surface area contributed by atoms with Gasteiger partial charge in [0, 0.05) is 17.1 Å². The van der Waals surface area contributed by atoms with Gasteiger partial charge in [-0.15, -0.1) is 23.1 Å². The van der Waals surface area contributed by atoms with Crippen LogP contribution in [0.1, 0.15) is 10.4 Å². The van der Waals surface area contributed by atoms with Crippen molar-refractivity contribution in [2.24, 2.45) is 0 Å². The molecule has 0 radical (unpaired) electrons. The lowest BCUT2D eigenvalue weighted by Gasteiger charge is -2.05. The minimum absolute atomic E-state index is 0.193. The Bertz CT molecular complexity index is 1090. The van der Waals surface area contributed by atoms with Crippen LogP contribution in [0.15, 0.2) is 71.2 Å². The van der Waals surface area contributed by atoms with Crippen molar-refractivity contribution < 1.29 is 4.79 Å². The Morgan fingerprint density at radius 2 is 1.92 bits per heavy atom. The fourth-order valence-corrected chi connectivity index (χ4v) is 3.96. The van der Waals surface area contributed by atoms with Crippen LogP contribution in [0.25, 0.3) is 22.0 Å². The van der Waals surface area contributed by atoms with Crippen molar-refractivity contribution in [2.75, 3.05) is 11.6 Å². The second-order valence-corrected chi connectivity index (χ2v) is 7.27. The normalized spacial score (nSPS) is 10.8. The van der Waals surface area contributed by atoms with E-state index < -0.39 is 0 Å². The number of amides is 1. The van der Waals surface area contributed by atoms with Crippen LogP contribution >= 0.6 is 23.1 Å². The lowest BCUT2D eigenvalue weighted by atomic mass is 10.1. The number of anilines is 1. The molecule has 0 aliphatic heterocycles. The summed E-state index contributed by atoms with van der Waals surface area (Å²) in [6.45, 7) is 0. The molecule has 26 heavy (non-hydrogen) atoms. The summed E-state index contributed by atoms with van der Waals surface area (Å²) < 4.78 is 0. The molecule has 0 aliphatic rings. The number of hydrogen-bond acceptors (Lipinski definition) is 5. The van der Waals surface area contributed by atoms with Gasteiger partial charge in [0.15, 0.2) is 5.13 Å². The molecule has 2 aromatic carbocycles. The van der Waals surface area contributed by atoms with Crippen LogP contribution in [0, 0.1) is 0 Å². The van der Waals surface area contributed by atoms with Gasteiger partial charge in [-0.2, -0.15) is 0 Å². The van der Waals surface area contributed by atoms with Crippen molar-refractivity contribution in [3.05, 3.63) is 71.7 Å². The minimum Gasteiger partial charge on any atom is -0.298 e. The number of hydrogen-bond donors (Lipinski definition) is 1. The molecule has 0 saturated heterocycles. The van der Waals surface area contributed by atoms with Crippen LogP contribution in [-0.4, -0.2) is 22.1 Å². The molecule has 0 aliphatic carbocycles. The average molecular weight is 377 g/mol. The first-order chi connectivity index (χ1) is 12.7. The van der Waals surface area contributed by atoms with Crippen molar-refractivity contribution >= 4 is 44.9 Å². The Morgan fingerprint density at radius 1 is 1.08 bits per heavy atom. The lowest BCUT2D eigenvalue weighted by molar-refractivity contribution is 0.102. The fourth-order valence-electron chi connectivity index (χ4n) is 2.70. The van der Waals surface area contributed by atoms with Gasteiger partial charge in [0.2, 0.25) is 0 Å². The molecular weight excluding hydrogens is 362 g/mol. The second-order valence-electron chi connectivity index (χ2n) is 5.61. The number of rotatable bonds is 4. The van der Waals surface area contributed by atoms with Gasteiger partial charge in [0.05, 0.1) is 11.3 Å². The Hall–Kier alpha value is -2.70. The smallest absolute Gasteiger partial charge is 0.260 e. The predicted octanol–water partition coefficient (Wildman–Crippen LogP) is 5.33. The highest BCUT2D eigenvalue weighted by molar-refractivity contribution is 7.98. The molecule has 4 rings (SSSR count). The van der Waals surface area contributed by atoms with E-state index in [1.54, 1.807) is 18.3 Å². The van der Waals surface area contributed by atoms with Gasteiger partial charge >= 0.3 is 0 Å². The van der Waals surface area contributed by atoms with Crippen LogP contribution < -0.4 is 5.32 Å². The van der Waals surface area contributed by atoms with E-state index in [0.29, 0.717) is 15.7 Å². The number of thioether (sulfide) groups is 1. The maximum atomic E-state index is 12.5. The SMILES string of the molecule is CSc1ncccc1C(=O)Nc1nc(-c2ccc3ccccc3c2)cs1. The molecule has 4 aromatic rings. The monoisotopic (exact) mass is 377 g/mol. The van der Waals surface area contributed by atoms with E-state index in [1.807, 2.05) is 23.8 Å². The third-order valence-corrected chi connectivity index (χ3v) is 5.45. The van der Waals surface area contributed by atoms with Crippen LogP contribution in [0.4, 0.5) is 5.13 Å². The van der Waals surface area contributed by atoms with Gasteiger partial charge < -0.3 is 0 Å². The first-order valence-electron chi connectivity index (χ1n) is 7.99. The zero-order valence-electron chi connectivity index (χ0n) is 14.0. The van der Waals surface area contributed by atoms with E-state index in [9.17, 15) is 4.79 Å². The molecule has 0 saturated carbocycles. The number of carbonyl (C=O) groups is 1. The summed E-state index contributed by atoms with van der Waals surface area (Å²) in [6, 6.07) is 18.0. The number of carbonyl (C=O) groups excluding carboxylic acids is 1. The molecule has 4 nitrogen and oxygen atoms in total. The number of nitrogens with one attached hydrogen (secondary N) is 1. The Balaban J connectivity index is 1.58. The Kier molecular flexibility index (Phi) is 4.69. The molecule has 2 aromatic heterocycles. The third kappa shape index (κ3) is 3.34. The van der Waals surface area contributed by atoms with E-state index in [-0.39, 0.29) is 5.91 Å². The van der Waals surface area contributed by atoms with Crippen molar-refractivity contribution in [3.63, 3.8) is 0 Å². The summed E-state index contributed by atoms with van der Waals surface area (Å²) in [4.78, 5) is 21.3. The van der Waals surface area contributed by atoms with Crippen molar-refractivity contribution in [2.45, 2.75) is 5.03 Å². The van der Waals surface area contributed by atoms with Crippen LogP contribution in [0.3, 0.4) is 0 Å². The topological polar surface area (TPSA) is 54.9 Å². The quantitative estimate of drug-likeness (QED) is 0.488. The molecule has 0 atom stereocenters. The molecule has 128 valence electrons. The summed E-state index contributed by atoms with van der Waals surface area (Å²) >= 11 is 2.86. The molecule has 0 unspecified atom stereocenters. The molecule has 0 bridgehead atoms. The summed E-state index contributed by atoms with van der Waals surface area (Å²) in [5.74, 6) is -0.193. The number of aromatic nitrogens is 2. The summed E-state index contributed by atoms with van der Waals surface area (Å²) in [5.41, 5.74) is 2.45. The van der Waals surface area contributed by atoms with E-state index in [4.69, 9.17) is 0 Å². The van der Waals surface area contributed by atoms with E-state index in [1.165, 1.54) is 33.9 Å². The van der Waals surface area contributed by atoms with Gasteiger partial charge in [0.25, 0.3) is 5.91 Å². The van der Waals surface area contributed by atoms with Crippen molar-refractivity contribution in [3.8, 4) is 11.3 Å². The number of benzene rings is 2.